The van der Waals surface area contributed by atoms with E-state index < -0.39 is 0 Å². The molecule has 3 rings (SSSR count). The topological polar surface area (TPSA) is 95.9 Å². The average molecular weight is 344 g/mol. The summed E-state index contributed by atoms with van der Waals surface area (Å²) in [6, 6.07) is 1.78. The first-order chi connectivity index (χ1) is 12.0. The van der Waals surface area contributed by atoms with Gasteiger partial charge in [0.25, 0.3) is 5.91 Å². The standard InChI is InChI=1S/C17H24N6O2/c1-4-23-11(2)7-15(21-23)17(25)19-9-14-8-18-16(20-14)13-5-6-22(10-13)12(3)24/h7-8,13H,4-6,9-10H2,1-3H3,(H,18,20)(H,19,25). The largest absolute Gasteiger partial charge is 0.345 e. The molecule has 2 N–H and O–H groups in total. The maximum absolute atomic E-state index is 12.2. The van der Waals surface area contributed by atoms with Gasteiger partial charge in [0.1, 0.15) is 11.5 Å². The first-order valence-corrected chi connectivity index (χ1v) is 8.59. The van der Waals surface area contributed by atoms with Gasteiger partial charge in [0.15, 0.2) is 0 Å². The Bertz CT molecular complexity index is 778. The minimum Gasteiger partial charge on any atom is -0.345 e. The van der Waals surface area contributed by atoms with Crippen LogP contribution in [0.25, 0.3) is 0 Å². The number of hydrogen-bond donors (Lipinski definition) is 2. The number of aromatic amines is 1. The van der Waals surface area contributed by atoms with Gasteiger partial charge in [-0.15, -0.1) is 0 Å². The molecule has 1 unspecified atom stereocenters. The molecule has 0 aromatic carbocycles. The fourth-order valence-electron chi connectivity index (χ4n) is 3.15. The number of rotatable bonds is 5. The number of carbonyl (C=O) groups excluding carboxylic acids is 2. The van der Waals surface area contributed by atoms with E-state index in [1.807, 2.05) is 18.7 Å². The monoisotopic (exact) mass is 344 g/mol. The van der Waals surface area contributed by atoms with Crippen molar-refractivity contribution in [1.82, 2.24) is 30.0 Å². The maximum atomic E-state index is 12.2. The lowest BCUT2D eigenvalue weighted by Crippen LogP contribution is -2.25. The Balaban J connectivity index is 1.56. The van der Waals surface area contributed by atoms with Gasteiger partial charge >= 0.3 is 0 Å². The molecule has 25 heavy (non-hydrogen) atoms. The molecule has 1 aliphatic heterocycles. The summed E-state index contributed by atoms with van der Waals surface area (Å²) in [5, 5.41) is 7.14. The summed E-state index contributed by atoms with van der Waals surface area (Å²) in [4.78, 5) is 33.1. The van der Waals surface area contributed by atoms with Crippen LogP contribution in [-0.4, -0.2) is 49.6 Å². The summed E-state index contributed by atoms with van der Waals surface area (Å²) in [5.74, 6) is 1.01. The van der Waals surface area contributed by atoms with Gasteiger partial charge in [-0.3, -0.25) is 14.3 Å². The van der Waals surface area contributed by atoms with Crippen LogP contribution in [0.15, 0.2) is 12.3 Å². The minimum absolute atomic E-state index is 0.100. The molecule has 0 bridgehead atoms. The molecule has 0 saturated carbocycles. The third-order valence-electron chi connectivity index (χ3n) is 4.62. The molecule has 1 aliphatic rings. The van der Waals surface area contributed by atoms with Crippen molar-refractivity contribution in [3.05, 3.63) is 35.2 Å². The fraction of sp³-hybridized carbons (Fsp3) is 0.529. The highest BCUT2D eigenvalue weighted by atomic mass is 16.2. The van der Waals surface area contributed by atoms with Crippen molar-refractivity contribution >= 4 is 11.8 Å². The molecule has 8 heteroatoms. The van der Waals surface area contributed by atoms with E-state index in [9.17, 15) is 9.59 Å². The van der Waals surface area contributed by atoms with E-state index in [1.165, 1.54) is 0 Å². The predicted molar refractivity (Wildman–Crippen MR) is 92.0 cm³/mol. The summed E-state index contributed by atoms with van der Waals surface area (Å²) in [6.45, 7) is 8.08. The van der Waals surface area contributed by atoms with Gasteiger partial charge in [0, 0.05) is 38.2 Å². The highest BCUT2D eigenvalue weighted by Crippen LogP contribution is 2.24. The van der Waals surface area contributed by atoms with Gasteiger partial charge < -0.3 is 15.2 Å². The van der Waals surface area contributed by atoms with E-state index in [0.717, 1.165) is 36.7 Å². The molecule has 1 fully saturated rings. The quantitative estimate of drug-likeness (QED) is 0.852. The minimum atomic E-state index is -0.199. The Hall–Kier alpha value is -2.64. The summed E-state index contributed by atoms with van der Waals surface area (Å²) in [7, 11) is 0. The van der Waals surface area contributed by atoms with E-state index >= 15 is 0 Å². The first-order valence-electron chi connectivity index (χ1n) is 8.59. The number of aryl methyl sites for hydroxylation is 2. The maximum Gasteiger partial charge on any atom is 0.272 e. The lowest BCUT2D eigenvalue weighted by molar-refractivity contribution is -0.127. The third kappa shape index (κ3) is 3.72. The van der Waals surface area contributed by atoms with Gasteiger partial charge in [0.2, 0.25) is 5.91 Å². The van der Waals surface area contributed by atoms with Gasteiger partial charge in [-0.05, 0) is 26.3 Å². The number of amides is 2. The van der Waals surface area contributed by atoms with E-state index in [-0.39, 0.29) is 17.7 Å². The Morgan fingerprint density at radius 3 is 2.88 bits per heavy atom. The second kappa shape index (κ2) is 7.08. The van der Waals surface area contributed by atoms with Crippen LogP contribution in [0, 0.1) is 6.92 Å². The smallest absolute Gasteiger partial charge is 0.272 e. The lowest BCUT2D eigenvalue weighted by atomic mass is 10.1. The van der Waals surface area contributed by atoms with E-state index in [1.54, 1.807) is 23.9 Å². The lowest BCUT2D eigenvalue weighted by Gasteiger charge is -2.12. The van der Waals surface area contributed by atoms with Crippen LogP contribution >= 0.6 is 0 Å². The molecule has 0 spiro atoms. The Labute approximate surface area is 146 Å². The molecule has 8 nitrogen and oxygen atoms in total. The van der Waals surface area contributed by atoms with Gasteiger partial charge in [-0.1, -0.05) is 0 Å². The second-order valence-electron chi connectivity index (χ2n) is 6.41. The van der Waals surface area contributed by atoms with Gasteiger partial charge in [0.05, 0.1) is 18.4 Å². The molecular weight excluding hydrogens is 320 g/mol. The number of nitrogens with one attached hydrogen (secondary N) is 2. The van der Waals surface area contributed by atoms with Crippen LogP contribution in [0.4, 0.5) is 0 Å². The highest BCUT2D eigenvalue weighted by molar-refractivity contribution is 5.92. The zero-order valence-corrected chi connectivity index (χ0v) is 14.9. The number of hydrogen-bond acceptors (Lipinski definition) is 4. The number of imidazole rings is 1. The molecule has 2 aromatic rings. The van der Waals surface area contributed by atoms with Gasteiger partial charge in [-0.2, -0.15) is 5.10 Å². The predicted octanol–water partition coefficient (Wildman–Crippen LogP) is 1.20. The molecule has 0 aliphatic carbocycles. The SMILES string of the molecule is CCn1nc(C(=O)NCc2cnc(C3CCN(C(C)=O)C3)[nH]2)cc1C. The summed E-state index contributed by atoms with van der Waals surface area (Å²) in [6.07, 6.45) is 2.65. The van der Waals surface area contributed by atoms with Crippen LogP contribution in [0.1, 0.15) is 53.9 Å². The first kappa shape index (κ1) is 17.2. The Kier molecular flexibility index (Phi) is 4.87. The Morgan fingerprint density at radius 1 is 1.44 bits per heavy atom. The van der Waals surface area contributed by atoms with Crippen LogP contribution in [0.2, 0.25) is 0 Å². The summed E-state index contributed by atoms with van der Waals surface area (Å²) >= 11 is 0. The molecule has 1 atom stereocenters. The molecule has 3 heterocycles. The Morgan fingerprint density at radius 2 is 2.24 bits per heavy atom. The van der Waals surface area contributed by atoms with Crippen molar-refractivity contribution in [3.63, 3.8) is 0 Å². The second-order valence-corrected chi connectivity index (χ2v) is 6.41. The molecule has 1 saturated heterocycles. The normalized spacial score (nSPS) is 17.1. The summed E-state index contributed by atoms with van der Waals surface area (Å²) < 4.78 is 1.80. The van der Waals surface area contributed by atoms with Crippen molar-refractivity contribution in [2.75, 3.05) is 13.1 Å². The fourth-order valence-corrected chi connectivity index (χ4v) is 3.15. The van der Waals surface area contributed by atoms with Gasteiger partial charge in [-0.25, -0.2) is 4.98 Å². The van der Waals surface area contributed by atoms with Crippen molar-refractivity contribution in [2.45, 2.75) is 46.2 Å². The molecule has 2 amide bonds. The number of likely N-dealkylation sites (tertiary alicyclic amines) is 1. The van der Waals surface area contributed by atoms with E-state index in [0.29, 0.717) is 18.8 Å². The number of aromatic nitrogens is 4. The van der Waals surface area contributed by atoms with Crippen molar-refractivity contribution < 1.29 is 9.59 Å². The van der Waals surface area contributed by atoms with Crippen LogP contribution < -0.4 is 5.32 Å². The molecule has 134 valence electrons. The van der Waals surface area contributed by atoms with Crippen molar-refractivity contribution in [2.24, 2.45) is 0 Å². The van der Waals surface area contributed by atoms with Crippen LogP contribution in [0.3, 0.4) is 0 Å². The number of nitrogens with zero attached hydrogens (tertiary/aromatic N) is 4. The number of H-pyrrole nitrogens is 1. The van der Waals surface area contributed by atoms with E-state index in [2.05, 4.69) is 20.4 Å². The molecule has 2 aromatic heterocycles. The average Bonchev–Trinajstić information content (AvgIpc) is 3.31. The van der Waals surface area contributed by atoms with Crippen molar-refractivity contribution in [1.29, 1.82) is 0 Å². The third-order valence-corrected chi connectivity index (χ3v) is 4.62. The molecule has 0 radical (unpaired) electrons. The zero-order chi connectivity index (χ0) is 18.0. The number of carbonyl (C=O) groups is 2. The van der Waals surface area contributed by atoms with E-state index in [4.69, 9.17) is 0 Å². The zero-order valence-electron chi connectivity index (χ0n) is 14.9. The summed E-state index contributed by atoms with van der Waals surface area (Å²) in [5.41, 5.74) is 2.23. The van der Waals surface area contributed by atoms with Crippen LogP contribution in [0.5, 0.6) is 0 Å². The van der Waals surface area contributed by atoms with Crippen molar-refractivity contribution in [3.8, 4) is 0 Å². The van der Waals surface area contributed by atoms with Crippen LogP contribution in [-0.2, 0) is 17.9 Å². The molecular formula is C17H24N6O2. The highest BCUT2D eigenvalue weighted by Gasteiger charge is 2.27.